The Morgan fingerprint density at radius 2 is 1.50 bits per heavy atom. The molecule has 0 aliphatic carbocycles. The van der Waals surface area contributed by atoms with Crippen LogP contribution in [0.15, 0.2) is 79.5 Å². The van der Waals surface area contributed by atoms with E-state index in [1.165, 1.54) is 0 Å². The van der Waals surface area contributed by atoms with E-state index in [4.69, 9.17) is 0 Å². The highest BCUT2D eigenvalue weighted by atomic mass is 15.2. The second kappa shape index (κ2) is 5.93. The van der Waals surface area contributed by atoms with Crippen LogP contribution in [0.25, 0.3) is 39.6 Å². The lowest BCUT2D eigenvalue weighted by atomic mass is 10.0. The molecule has 6 nitrogen and oxygen atoms in total. The van der Waals surface area contributed by atoms with Crippen LogP contribution in [0.4, 0.5) is 0 Å². The highest BCUT2D eigenvalue weighted by Gasteiger charge is 2.17. The molecule has 0 aliphatic heterocycles. The molecule has 124 valence electrons. The number of rotatable bonds is 3. The van der Waals surface area contributed by atoms with E-state index in [0.29, 0.717) is 11.6 Å². The van der Waals surface area contributed by atoms with E-state index in [1.54, 1.807) is 18.9 Å². The first-order chi connectivity index (χ1) is 12.9. The van der Waals surface area contributed by atoms with Crippen molar-refractivity contribution in [2.24, 2.45) is 0 Å². The Bertz CT molecular complexity index is 1170. The van der Waals surface area contributed by atoms with Gasteiger partial charge in [0.1, 0.15) is 11.8 Å². The Balaban J connectivity index is 1.76. The Morgan fingerprint density at radius 1 is 0.769 bits per heavy atom. The quantitative estimate of drug-likeness (QED) is 0.542. The van der Waals surface area contributed by atoms with Crippen LogP contribution in [-0.4, -0.2) is 29.5 Å². The maximum atomic E-state index is 4.66. The molecule has 0 atom stereocenters. The normalized spacial score (nSPS) is 11.1. The molecular formula is C20H14N6. The smallest absolute Gasteiger partial charge is 0.237 e. The van der Waals surface area contributed by atoms with Crippen LogP contribution >= 0.6 is 0 Å². The summed E-state index contributed by atoms with van der Waals surface area (Å²) in [6.07, 6.45) is 5.12. The lowest BCUT2D eigenvalue weighted by molar-refractivity contribution is 0.943. The topological polar surface area (TPSA) is 72.3 Å². The minimum Gasteiger partial charge on any atom is -0.342 e. The first kappa shape index (κ1) is 14.5. The van der Waals surface area contributed by atoms with Gasteiger partial charge in [0.15, 0.2) is 5.65 Å². The van der Waals surface area contributed by atoms with E-state index in [-0.39, 0.29) is 0 Å². The summed E-state index contributed by atoms with van der Waals surface area (Å²) in [5, 5.41) is 0. The van der Waals surface area contributed by atoms with Crippen molar-refractivity contribution in [2.75, 3.05) is 0 Å². The van der Waals surface area contributed by atoms with Crippen molar-refractivity contribution in [2.45, 2.75) is 0 Å². The predicted octanol–water partition coefficient (Wildman–Crippen LogP) is 3.87. The van der Waals surface area contributed by atoms with E-state index < -0.39 is 0 Å². The summed E-state index contributed by atoms with van der Waals surface area (Å²) in [6.45, 7) is 0. The molecule has 2 aromatic carbocycles. The zero-order chi connectivity index (χ0) is 17.3. The number of aromatic amines is 1. The first-order valence-electron chi connectivity index (χ1n) is 8.25. The molecule has 6 heteroatoms. The Labute approximate surface area is 149 Å². The number of aromatic nitrogens is 6. The summed E-state index contributed by atoms with van der Waals surface area (Å²) >= 11 is 0. The summed E-state index contributed by atoms with van der Waals surface area (Å²) in [5.74, 6) is 0.540. The lowest BCUT2D eigenvalue weighted by Gasteiger charge is -2.09. The van der Waals surface area contributed by atoms with Gasteiger partial charge in [-0.1, -0.05) is 60.7 Å². The maximum Gasteiger partial charge on any atom is 0.237 e. The third-order valence-electron chi connectivity index (χ3n) is 4.24. The van der Waals surface area contributed by atoms with Crippen LogP contribution in [0.5, 0.6) is 0 Å². The van der Waals surface area contributed by atoms with Crippen LogP contribution in [0.1, 0.15) is 0 Å². The fraction of sp³-hybridized carbons (Fsp3) is 0. The first-order valence-corrected chi connectivity index (χ1v) is 8.25. The number of nitrogens with zero attached hydrogens (tertiary/aromatic N) is 5. The molecular weight excluding hydrogens is 324 g/mol. The zero-order valence-corrected chi connectivity index (χ0v) is 13.7. The molecule has 3 aromatic heterocycles. The molecule has 1 N–H and O–H groups in total. The van der Waals surface area contributed by atoms with Crippen LogP contribution in [0.2, 0.25) is 0 Å². The Hall–Kier alpha value is -3.80. The molecule has 0 amide bonds. The summed E-state index contributed by atoms with van der Waals surface area (Å²) in [6, 6.07) is 20.3. The minimum absolute atomic E-state index is 0.540. The van der Waals surface area contributed by atoms with Gasteiger partial charge in [0.2, 0.25) is 5.95 Å². The predicted molar refractivity (Wildman–Crippen MR) is 99.7 cm³/mol. The molecule has 3 heterocycles. The average Bonchev–Trinajstić information content (AvgIpc) is 3.35. The van der Waals surface area contributed by atoms with E-state index in [0.717, 1.165) is 28.0 Å². The summed E-state index contributed by atoms with van der Waals surface area (Å²) in [7, 11) is 0. The summed E-state index contributed by atoms with van der Waals surface area (Å²) < 4.78 is 1.91. The van der Waals surface area contributed by atoms with Crippen molar-refractivity contribution >= 4 is 11.2 Å². The van der Waals surface area contributed by atoms with Crippen molar-refractivity contribution < 1.29 is 0 Å². The second-order valence-corrected chi connectivity index (χ2v) is 5.85. The molecule has 0 saturated heterocycles. The van der Waals surface area contributed by atoms with Crippen LogP contribution in [-0.2, 0) is 0 Å². The van der Waals surface area contributed by atoms with Gasteiger partial charge in [0, 0.05) is 11.1 Å². The fourth-order valence-electron chi connectivity index (χ4n) is 3.02. The maximum absolute atomic E-state index is 4.66. The van der Waals surface area contributed by atoms with Crippen molar-refractivity contribution in [3.8, 4) is 28.5 Å². The number of imidazole rings is 2. The standard InChI is InChI=1S/C20H14N6/c1-3-7-14(8-4-1)17-18(15-9-5-2-6-10-15)26(13-24-17)20-21-11-16-19(25-20)23-12-22-16/h1-13H,(H,21,22,23,25). The molecule has 0 radical (unpaired) electrons. The number of benzene rings is 2. The van der Waals surface area contributed by atoms with Gasteiger partial charge in [0.25, 0.3) is 0 Å². The minimum atomic E-state index is 0.540. The third kappa shape index (κ3) is 2.36. The highest BCUT2D eigenvalue weighted by molar-refractivity contribution is 5.80. The molecule has 0 saturated carbocycles. The molecule has 26 heavy (non-hydrogen) atoms. The molecule has 0 spiro atoms. The average molecular weight is 338 g/mol. The molecule has 0 aliphatic rings. The summed E-state index contributed by atoms with van der Waals surface area (Å²) in [5.41, 5.74) is 5.37. The SMILES string of the molecule is c1ccc(-c2ncn(-c3ncc4[nH]cnc4n3)c2-c2ccccc2)cc1. The number of hydrogen-bond acceptors (Lipinski definition) is 4. The van der Waals surface area contributed by atoms with Crippen LogP contribution < -0.4 is 0 Å². The van der Waals surface area contributed by atoms with Crippen LogP contribution in [0, 0.1) is 0 Å². The fourth-order valence-corrected chi connectivity index (χ4v) is 3.02. The molecule has 5 aromatic rings. The van der Waals surface area contributed by atoms with Gasteiger partial charge in [-0.2, -0.15) is 4.98 Å². The Kier molecular flexibility index (Phi) is 3.31. The summed E-state index contributed by atoms with van der Waals surface area (Å²) in [4.78, 5) is 21.0. The molecule has 0 unspecified atom stereocenters. The van der Waals surface area contributed by atoms with E-state index in [2.05, 4.69) is 49.2 Å². The molecule has 5 rings (SSSR count). The Morgan fingerprint density at radius 3 is 2.27 bits per heavy atom. The van der Waals surface area contributed by atoms with Crippen molar-refractivity contribution in [3.63, 3.8) is 0 Å². The zero-order valence-electron chi connectivity index (χ0n) is 13.7. The van der Waals surface area contributed by atoms with Crippen molar-refractivity contribution in [1.29, 1.82) is 0 Å². The van der Waals surface area contributed by atoms with E-state index in [1.807, 2.05) is 41.0 Å². The van der Waals surface area contributed by atoms with Crippen molar-refractivity contribution in [1.82, 2.24) is 29.5 Å². The lowest BCUT2D eigenvalue weighted by Crippen LogP contribution is -2.02. The number of fused-ring (bicyclic) bond motifs is 1. The van der Waals surface area contributed by atoms with Gasteiger partial charge < -0.3 is 4.98 Å². The second-order valence-electron chi connectivity index (χ2n) is 5.85. The van der Waals surface area contributed by atoms with Gasteiger partial charge in [-0.25, -0.2) is 15.0 Å². The molecule has 0 fully saturated rings. The number of nitrogens with one attached hydrogen (secondary N) is 1. The van der Waals surface area contributed by atoms with Gasteiger partial charge >= 0.3 is 0 Å². The highest BCUT2D eigenvalue weighted by Crippen LogP contribution is 2.32. The molecule has 0 bridgehead atoms. The number of H-pyrrole nitrogens is 1. The van der Waals surface area contributed by atoms with E-state index >= 15 is 0 Å². The van der Waals surface area contributed by atoms with E-state index in [9.17, 15) is 0 Å². The largest absolute Gasteiger partial charge is 0.342 e. The van der Waals surface area contributed by atoms with Gasteiger partial charge in [-0.05, 0) is 0 Å². The van der Waals surface area contributed by atoms with Crippen LogP contribution in [0.3, 0.4) is 0 Å². The van der Waals surface area contributed by atoms with Crippen molar-refractivity contribution in [3.05, 3.63) is 79.5 Å². The van der Waals surface area contributed by atoms with Gasteiger partial charge in [0.05, 0.1) is 23.9 Å². The monoisotopic (exact) mass is 338 g/mol. The number of hydrogen-bond donors (Lipinski definition) is 1. The van der Waals surface area contributed by atoms with Gasteiger partial charge in [-0.15, -0.1) is 0 Å². The third-order valence-corrected chi connectivity index (χ3v) is 4.24. The van der Waals surface area contributed by atoms with Gasteiger partial charge in [-0.3, -0.25) is 4.57 Å².